The van der Waals surface area contributed by atoms with E-state index in [1.807, 2.05) is 12.4 Å². The molecule has 0 N–H and O–H groups in total. The van der Waals surface area contributed by atoms with Crippen LogP contribution >= 0.6 is 0 Å². The maximum atomic E-state index is 4.73. The number of benzene rings is 4. The average Bonchev–Trinajstić information content (AvgIpc) is 2.82. The van der Waals surface area contributed by atoms with Crippen LogP contribution in [0, 0.1) is 0 Å². The molecular weight excluding hydrogens is 368 g/mol. The molecule has 1 aliphatic rings. The second-order valence-corrected chi connectivity index (χ2v) is 7.53. The summed E-state index contributed by atoms with van der Waals surface area (Å²) in [5, 5.41) is 18.7. The quantitative estimate of drug-likeness (QED) is 0.459. The predicted octanol–water partition coefficient (Wildman–Crippen LogP) is 4.98. The molecule has 0 bridgehead atoms. The van der Waals surface area contributed by atoms with Crippen molar-refractivity contribution in [3.8, 4) is 0 Å². The molecule has 1 aliphatic heterocycles. The van der Waals surface area contributed by atoms with Crippen molar-refractivity contribution in [2.24, 2.45) is 10.2 Å². The maximum Gasteiger partial charge on any atom is 0.0553 e. The van der Waals surface area contributed by atoms with E-state index in [4.69, 9.17) is 10.2 Å². The van der Waals surface area contributed by atoms with Gasteiger partial charge in [0.15, 0.2) is 0 Å². The van der Waals surface area contributed by atoms with E-state index < -0.39 is 0 Å². The van der Waals surface area contributed by atoms with Gasteiger partial charge in [-0.05, 0) is 21.5 Å². The van der Waals surface area contributed by atoms with E-state index in [0.717, 1.165) is 37.3 Å². The summed E-state index contributed by atoms with van der Waals surface area (Å²) in [5.74, 6) is 0. The van der Waals surface area contributed by atoms with Crippen molar-refractivity contribution in [1.82, 2.24) is 10.0 Å². The van der Waals surface area contributed by atoms with Crippen molar-refractivity contribution >= 4 is 34.0 Å². The summed E-state index contributed by atoms with van der Waals surface area (Å²) in [6, 6.07) is 29.6. The molecule has 30 heavy (non-hydrogen) atoms. The Kier molecular flexibility index (Phi) is 5.13. The minimum absolute atomic E-state index is 0.869. The smallest absolute Gasteiger partial charge is 0.0553 e. The lowest BCUT2D eigenvalue weighted by Crippen LogP contribution is -2.41. The van der Waals surface area contributed by atoms with Crippen molar-refractivity contribution < 1.29 is 0 Å². The van der Waals surface area contributed by atoms with Gasteiger partial charge in [0.05, 0.1) is 38.6 Å². The summed E-state index contributed by atoms with van der Waals surface area (Å²) in [4.78, 5) is 0. The highest BCUT2D eigenvalue weighted by Gasteiger charge is 2.13. The van der Waals surface area contributed by atoms with E-state index >= 15 is 0 Å². The fourth-order valence-corrected chi connectivity index (χ4v) is 3.93. The van der Waals surface area contributed by atoms with Gasteiger partial charge in [-0.2, -0.15) is 10.2 Å². The van der Waals surface area contributed by atoms with Crippen molar-refractivity contribution in [3.05, 3.63) is 96.1 Å². The molecule has 0 aromatic heterocycles. The monoisotopic (exact) mass is 392 g/mol. The maximum absolute atomic E-state index is 4.73. The molecule has 5 rings (SSSR count). The molecule has 4 aromatic carbocycles. The number of piperazine rings is 1. The van der Waals surface area contributed by atoms with Crippen molar-refractivity contribution in [2.75, 3.05) is 26.2 Å². The second kappa shape index (κ2) is 8.37. The highest BCUT2D eigenvalue weighted by Crippen LogP contribution is 2.18. The molecule has 0 saturated carbocycles. The van der Waals surface area contributed by atoms with Crippen molar-refractivity contribution in [3.63, 3.8) is 0 Å². The molecule has 4 heteroatoms. The van der Waals surface area contributed by atoms with Crippen LogP contribution in [0.3, 0.4) is 0 Å². The van der Waals surface area contributed by atoms with Gasteiger partial charge in [0.1, 0.15) is 0 Å². The van der Waals surface area contributed by atoms with Crippen LogP contribution in [0.2, 0.25) is 0 Å². The summed E-state index contributed by atoms with van der Waals surface area (Å²) in [6.07, 6.45) is 3.97. The van der Waals surface area contributed by atoms with Gasteiger partial charge in [-0.25, -0.2) is 0 Å². The van der Waals surface area contributed by atoms with E-state index in [1.165, 1.54) is 21.5 Å². The predicted molar refractivity (Wildman–Crippen MR) is 126 cm³/mol. The first-order valence-electron chi connectivity index (χ1n) is 10.4. The standard InChI is InChI=1S/C26H24N4/c1-3-13-25-21(7-1)9-5-11-23(25)19-27-29-15-17-30(18-16-29)28-20-24-12-6-10-22-8-2-4-14-26(22)24/h1-14,19-20H,15-18H2/b27-19-,28-20+. The van der Waals surface area contributed by atoms with Gasteiger partial charge in [0, 0.05) is 11.1 Å². The van der Waals surface area contributed by atoms with Crippen molar-refractivity contribution in [1.29, 1.82) is 0 Å². The lowest BCUT2D eigenvalue weighted by atomic mass is 10.1. The lowest BCUT2D eigenvalue weighted by Gasteiger charge is -2.31. The van der Waals surface area contributed by atoms with E-state index in [1.54, 1.807) is 0 Å². The van der Waals surface area contributed by atoms with Gasteiger partial charge in [-0.3, -0.25) is 10.0 Å². The third-order valence-electron chi connectivity index (χ3n) is 5.60. The highest BCUT2D eigenvalue weighted by atomic mass is 15.5. The Morgan fingerprint density at radius 2 is 0.900 bits per heavy atom. The Morgan fingerprint density at radius 3 is 1.37 bits per heavy atom. The molecule has 0 spiro atoms. The summed E-state index contributed by atoms with van der Waals surface area (Å²) >= 11 is 0. The fraction of sp³-hybridized carbons (Fsp3) is 0.154. The first kappa shape index (κ1) is 18.4. The minimum atomic E-state index is 0.869. The Bertz CT molecular complexity index is 1110. The molecule has 0 aliphatic carbocycles. The molecule has 0 amide bonds. The Hall–Kier alpha value is -3.66. The molecule has 0 atom stereocenters. The zero-order valence-corrected chi connectivity index (χ0v) is 16.9. The highest BCUT2D eigenvalue weighted by molar-refractivity contribution is 6.00. The van der Waals surface area contributed by atoms with E-state index in [9.17, 15) is 0 Å². The van der Waals surface area contributed by atoms with E-state index in [2.05, 4.69) is 94.9 Å². The van der Waals surface area contributed by atoms with Gasteiger partial charge < -0.3 is 0 Å². The number of hydrogen-bond donors (Lipinski definition) is 0. The molecule has 1 saturated heterocycles. The summed E-state index contributed by atoms with van der Waals surface area (Å²) < 4.78 is 0. The van der Waals surface area contributed by atoms with Crippen LogP contribution in [0.25, 0.3) is 21.5 Å². The van der Waals surface area contributed by atoms with Gasteiger partial charge in [0.2, 0.25) is 0 Å². The van der Waals surface area contributed by atoms with Crippen LogP contribution in [0.5, 0.6) is 0 Å². The second-order valence-electron chi connectivity index (χ2n) is 7.53. The zero-order chi connectivity index (χ0) is 20.2. The van der Waals surface area contributed by atoms with Crippen LogP contribution in [0.4, 0.5) is 0 Å². The van der Waals surface area contributed by atoms with Crippen LogP contribution in [-0.4, -0.2) is 48.6 Å². The molecular formula is C26H24N4. The summed E-state index contributed by atoms with van der Waals surface area (Å²) in [5.41, 5.74) is 2.31. The number of rotatable bonds is 4. The third-order valence-corrected chi connectivity index (χ3v) is 5.60. The third kappa shape index (κ3) is 3.90. The van der Waals surface area contributed by atoms with Crippen LogP contribution in [0.1, 0.15) is 11.1 Å². The molecule has 0 unspecified atom stereocenters. The molecule has 148 valence electrons. The molecule has 4 nitrogen and oxygen atoms in total. The van der Waals surface area contributed by atoms with Gasteiger partial charge >= 0.3 is 0 Å². The largest absolute Gasteiger partial charge is 0.293 e. The number of fused-ring (bicyclic) bond motifs is 2. The van der Waals surface area contributed by atoms with Gasteiger partial charge in [0.25, 0.3) is 0 Å². The first-order chi connectivity index (χ1) is 14.9. The van der Waals surface area contributed by atoms with Crippen molar-refractivity contribution in [2.45, 2.75) is 0 Å². The number of nitrogens with zero attached hydrogens (tertiary/aromatic N) is 4. The number of hydrogen-bond acceptors (Lipinski definition) is 4. The zero-order valence-electron chi connectivity index (χ0n) is 16.9. The average molecular weight is 393 g/mol. The van der Waals surface area contributed by atoms with E-state index in [0.29, 0.717) is 0 Å². The molecule has 0 radical (unpaired) electrons. The molecule has 1 heterocycles. The summed E-state index contributed by atoms with van der Waals surface area (Å²) in [7, 11) is 0. The first-order valence-corrected chi connectivity index (χ1v) is 10.4. The van der Waals surface area contributed by atoms with Crippen LogP contribution < -0.4 is 0 Å². The van der Waals surface area contributed by atoms with Crippen LogP contribution in [0.15, 0.2) is 95.1 Å². The molecule has 4 aromatic rings. The fourth-order valence-electron chi connectivity index (χ4n) is 3.93. The minimum Gasteiger partial charge on any atom is -0.293 e. The lowest BCUT2D eigenvalue weighted by molar-refractivity contribution is 0.141. The Labute approximate surface area is 176 Å². The van der Waals surface area contributed by atoms with E-state index in [-0.39, 0.29) is 0 Å². The van der Waals surface area contributed by atoms with Crippen LogP contribution in [-0.2, 0) is 0 Å². The van der Waals surface area contributed by atoms with Gasteiger partial charge in [-0.1, -0.05) is 84.9 Å². The Balaban J connectivity index is 1.23. The summed E-state index contributed by atoms with van der Waals surface area (Å²) in [6.45, 7) is 3.48. The topological polar surface area (TPSA) is 31.2 Å². The number of hydrazone groups is 2. The SMILES string of the molecule is C(=N/N1CCN(/N=C/c2cccc3ccccc23)CC1)/c1cccc2ccccc12. The van der Waals surface area contributed by atoms with Gasteiger partial charge in [-0.15, -0.1) is 0 Å². The molecule has 1 fully saturated rings. The Morgan fingerprint density at radius 1 is 0.500 bits per heavy atom. The normalized spacial score (nSPS) is 15.1.